The van der Waals surface area contributed by atoms with E-state index in [0.717, 1.165) is 4.90 Å². The first-order chi connectivity index (χ1) is 11.6. The molecule has 8 heteroatoms. The predicted octanol–water partition coefficient (Wildman–Crippen LogP) is 1.55. The van der Waals surface area contributed by atoms with Crippen LogP contribution in [0.3, 0.4) is 0 Å². The topological polar surface area (TPSA) is 102 Å². The van der Waals surface area contributed by atoms with E-state index in [1.807, 2.05) is 0 Å². The molecule has 3 rings (SSSR count). The minimum absolute atomic E-state index is 0.00352. The van der Waals surface area contributed by atoms with Crippen LogP contribution in [-0.4, -0.2) is 34.9 Å². The molecule has 122 valence electrons. The lowest BCUT2D eigenvalue weighted by molar-refractivity contribution is -0.123. The van der Waals surface area contributed by atoms with E-state index in [9.17, 15) is 14.4 Å². The van der Waals surface area contributed by atoms with Crippen molar-refractivity contribution < 1.29 is 23.5 Å². The number of hydrogen-bond donors (Lipinski definition) is 1. The van der Waals surface area contributed by atoms with Crippen molar-refractivity contribution in [3.63, 3.8) is 0 Å². The molecule has 1 saturated heterocycles. The first-order valence-corrected chi connectivity index (χ1v) is 7.01. The number of rotatable bonds is 4. The molecule has 0 aromatic carbocycles. The molecular weight excluding hydrogens is 314 g/mol. The van der Waals surface area contributed by atoms with Gasteiger partial charge in [-0.15, -0.1) is 0 Å². The lowest BCUT2D eigenvalue weighted by atomic mass is 10.3. The molecule has 0 spiro atoms. The molecule has 1 aliphatic rings. The number of urea groups is 1. The first-order valence-electron chi connectivity index (χ1n) is 7.01. The molecule has 3 amide bonds. The SMILES string of the molecule is COC(=O)c1ccc(CN2C(=O)NC(=Cc3ccccn3)C2=O)o1. The second kappa shape index (κ2) is 6.37. The van der Waals surface area contributed by atoms with Gasteiger partial charge >= 0.3 is 12.0 Å². The number of carbonyl (C=O) groups excluding carboxylic acids is 3. The average molecular weight is 327 g/mol. The number of hydrogen-bond acceptors (Lipinski definition) is 6. The standard InChI is InChI=1S/C16H13N3O5/c1-23-15(21)13-6-5-11(24-13)9-19-14(20)12(18-16(19)22)8-10-4-2-3-7-17-10/h2-8H,9H2,1H3,(H,18,22). The molecule has 0 saturated carbocycles. The van der Waals surface area contributed by atoms with Crippen molar-refractivity contribution in [3.8, 4) is 0 Å². The summed E-state index contributed by atoms with van der Waals surface area (Å²) >= 11 is 0. The van der Waals surface area contributed by atoms with E-state index >= 15 is 0 Å². The third kappa shape index (κ3) is 3.02. The number of nitrogens with one attached hydrogen (secondary N) is 1. The quantitative estimate of drug-likeness (QED) is 0.519. The van der Waals surface area contributed by atoms with Crippen molar-refractivity contribution >= 4 is 24.0 Å². The van der Waals surface area contributed by atoms with E-state index in [4.69, 9.17) is 4.42 Å². The second-order valence-corrected chi connectivity index (χ2v) is 4.89. The van der Waals surface area contributed by atoms with Crippen molar-refractivity contribution in [1.29, 1.82) is 0 Å². The third-order valence-corrected chi connectivity index (χ3v) is 3.30. The number of amides is 3. The molecule has 0 bridgehead atoms. The number of furan rings is 1. The maximum atomic E-state index is 12.3. The van der Waals surface area contributed by atoms with Crippen LogP contribution < -0.4 is 5.32 Å². The average Bonchev–Trinajstić information content (AvgIpc) is 3.16. The number of pyridine rings is 1. The molecular formula is C16H13N3O5. The number of esters is 1. The Labute approximate surface area is 136 Å². The van der Waals surface area contributed by atoms with Crippen molar-refractivity contribution in [2.75, 3.05) is 7.11 Å². The van der Waals surface area contributed by atoms with Crippen LogP contribution in [0, 0.1) is 0 Å². The van der Waals surface area contributed by atoms with Crippen LogP contribution in [0.2, 0.25) is 0 Å². The number of nitrogens with zero attached hydrogens (tertiary/aromatic N) is 2. The molecule has 1 fully saturated rings. The Morgan fingerprint density at radius 2 is 2.17 bits per heavy atom. The van der Waals surface area contributed by atoms with Gasteiger partial charge in [0.15, 0.2) is 0 Å². The third-order valence-electron chi connectivity index (χ3n) is 3.30. The van der Waals surface area contributed by atoms with Gasteiger partial charge in [-0.1, -0.05) is 6.07 Å². The Balaban J connectivity index is 1.76. The summed E-state index contributed by atoms with van der Waals surface area (Å²) in [4.78, 5) is 40.7. The molecule has 1 aliphatic heterocycles. The summed E-state index contributed by atoms with van der Waals surface area (Å²) in [5.41, 5.74) is 0.674. The van der Waals surface area contributed by atoms with Gasteiger partial charge in [-0.25, -0.2) is 9.59 Å². The fourth-order valence-electron chi connectivity index (χ4n) is 2.15. The van der Waals surface area contributed by atoms with Crippen LogP contribution in [0.15, 0.2) is 46.6 Å². The number of methoxy groups -OCH3 is 1. The summed E-state index contributed by atoms with van der Waals surface area (Å²) < 4.78 is 9.80. The van der Waals surface area contributed by atoms with Crippen LogP contribution in [0.5, 0.6) is 0 Å². The van der Waals surface area contributed by atoms with E-state index in [-0.39, 0.29) is 23.8 Å². The summed E-state index contributed by atoms with van der Waals surface area (Å²) in [7, 11) is 1.23. The molecule has 0 aliphatic carbocycles. The molecule has 3 heterocycles. The zero-order chi connectivity index (χ0) is 17.1. The Morgan fingerprint density at radius 3 is 2.88 bits per heavy atom. The highest BCUT2D eigenvalue weighted by atomic mass is 16.5. The highest BCUT2D eigenvalue weighted by Gasteiger charge is 2.34. The summed E-state index contributed by atoms with van der Waals surface area (Å²) in [6.45, 7) is -0.0960. The molecule has 24 heavy (non-hydrogen) atoms. The van der Waals surface area contributed by atoms with Crippen molar-refractivity contribution in [1.82, 2.24) is 15.2 Å². The highest BCUT2D eigenvalue weighted by Crippen LogP contribution is 2.18. The van der Waals surface area contributed by atoms with E-state index in [1.54, 1.807) is 24.4 Å². The minimum atomic E-state index is -0.630. The number of aromatic nitrogens is 1. The molecule has 1 N–H and O–H groups in total. The molecule has 0 unspecified atom stereocenters. The summed E-state index contributed by atoms with van der Waals surface area (Å²) in [5, 5.41) is 2.49. The van der Waals surface area contributed by atoms with Crippen LogP contribution in [-0.2, 0) is 16.1 Å². The summed E-state index contributed by atoms with van der Waals surface area (Å²) in [5.74, 6) is -0.836. The van der Waals surface area contributed by atoms with Crippen LogP contribution in [0.25, 0.3) is 6.08 Å². The van der Waals surface area contributed by atoms with E-state index in [0.29, 0.717) is 5.69 Å². The van der Waals surface area contributed by atoms with Gasteiger partial charge in [0.2, 0.25) is 5.76 Å². The molecule has 2 aromatic heterocycles. The fraction of sp³-hybridized carbons (Fsp3) is 0.125. The molecule has 0 atom stereocenters. The van der Waals surface area contributed by atoms with Gasteiger partial charge in [0.1, 0.15) is 11.5 Å². The van der Waals surface area contributed by atoms with Crippen molar-refractivity contribution in [2.24, 2.45) is 0 Å². The van der Waals surface area contributed by atoms with Crippen molar-refractivity contribution in [2.45, 2.75) is 6.54 Å². The summed E-state index contributed by atoms with van der Waals surface area (Å²) in [6.07, 6.45) is 3.07. The lowest BCUT2D eigenvalue weighted by Gasteiger charge is -2.09. The van der Waals surface area contributed by atoms with E-state index in [1.165, 1.54) is 25.3 Å². The first kappa shape index (κ1) is 15.5. The lowest BCUT2D eigenvalue weighted by Crippen LogP contribution is -2.30. The Hall–Kier alpha value is -3.42. The minimum Gasteiger partial charge on any atom is -0.463 e. The zero-order valence-corrected chi connectivity index (χ0v) is 12.7. The van der Waals surface area contributed by atoms with Crippen molar-refractivity contribution in [3.05, 3.63) is 59.4 Å². The van der Waals surface area contributed by atoms with Crippen LogP contribution in [0.4, 0.5) is 4.79 Å². The van der Waals surface area contributed by atoms with Gasteiger partial charge in [0, 0.05) is 6.20 Å². The van der Waals surface area contributed by atoms with Gasteiger partial charge in [-0.3, -0.25) is 14.7 Å². The van der Waals surface area contributed by atoms with Gasteiger partial charge in [0.05, 0.1) is 19.3 Å². The van der Waals surface area contributed by atoms with Crippen LogP contribution >= 0.6 is 0 Å². The number of imide groups is 1. The van der Waals surface area contributed by atoms with Gasteiger partial charge in [-0.05, 0) is 30.3 Å². The largest absolute Gasteiger partial charge is 0.463 e. The molecule has 8 nitrogen and oxygen atoms in total. The predicted molar refractivity (Wildman–Crippen MR) is 81.3 cm³/mol. The van der Waals surface area contributed by atoms with E-state index in [2.05, 4.69) is 15.0 Å². The number of carbonyl (C=O) groups is 3. The highest BCUT2D eigenvalue weighted by molar-refractivity contribution is 6.13. The number of ether oxygens (including phenoxy) is 1. The maximum Gasteiger partial charge on any atom is 0.373 e. The Kier molecular flexibility index (Phi) is 4.11. The van der Waals surface area contributed by atoms with E-state index < -0.39 is 17.9 Å². The van der Waals surface area contributed by atoms with Gasteiger partial charge in [-0.2, -0.15) is 0 Å². The second-order valence-electron chi connectivity index (χ2n) is 4.89. The molecule has 0 radical (unpaired) electrons. The maximum absolute atomic E-state index is 12.3. The monoisotopic (exact) mass is 327 g/mol. The fourth-order valence-corrected chi connectivity index (χ4v) is 2.15. The zero-order valence-electron chi connectivity index (χ0n) is 12.7. The van der Waals surface area contributed by atoms with Crippen LogP contribution in [0.1, 0.15) is 22.0 Å². The normalized spacial score (nSPS) is 15.7. The molecule has 2 aromatic rings. The Morgan fingerprint density at radius 1 is 1.33 bits per heavy atom. The van der Waals surface area contributed by atoms with Gasteiger partial charge < -0.3 is 14.5 Å². The van der Waals surface area contributed by atoms with Gasteiger partial charge in [0.25, 0.3) is 5.91 Å². The smallest absolute Gasteiger partial charge is 0.373 e. The Bertz CT molecular complexity index is 825. The summed E-state index contributed by atoms with van der Waals surface area (Å²) in [6, 6.07) is 7.59.